The first-order chi connectivity index (χ1) is 27.3. The standard InChI is InChI=1S/C51H33N3O/c1-4-15-35(16-5-1)49-52-53-50(36-29-27-34(28-30-36)40-23-14-24-44-43-22-11-13-26-47(43)55-48(40)44)54(49)39-31-32-42-41-21-10-12-25-45(41)51(46(42)33-39,37-17-6-2-7-18-37)38-19-8-3-9-20-38/h1-33H. The summed E-state index contributed by atoms with van der Waals surface area (Å²) in [6.07, 6.45) is 0. The highest BCUT2D eigenvalue weighted by Gasteiger charge is 2.46. The molecule has 1 aliphatic carbocycles. The molecule has 2 aromatic heterocycles. The Morgan fingerprint density at radius 3 is 1.67 bits per heavy atom. The molecule has 0 bridgehead atoms. The largest absolute Gasteiger partial charge is 0.455 e. The molecular formula is C51H33N3O. The van der Waals surface area contributed by atoms with Gasteiger partial charge in [-0.05, 0) is 57.1 Å². The van der Waals surface area contributed by atoms with Crippen molar-refractivity contribution in [2.45, 2.75) is 5.41 Å². The Kier molecular flexibility index (Phi) is 7.04. The van der Waals surface area contributed by atoms with E-state index in [-0.39, 0.29) is 0 Å². The summed E-state index contributed by atoms with van der Waals surface area (Å²) in [6.45, 7) is 0. The van der Waals surface area contributed by atoms with Crippen LogP contribution in [-0.2, 0) is 5.41 Å². The first-order valence-electron chi connectivity index (χ1n) is 18.7. The molecule has 4 nitrogen and oxygen atoms in total. The number of benzene rings is 8. The predicted octanol–water partition coefficient (Wildman–Crippen LogP) is 12.5. The van der Waals surface area contributed by atoms with Crippen molar-refractivity contribution in [3.63, 3.8) is 0 Å². The molecule has 11 rings (SSSR count). The number of fused-ring (bicyclic) bond motifs is 6. The summed E-state index contributed by atoms with van der Waals surface area (Å²) in [5, 5.41) is 12.0. The van der Waals surface area contributed by atoms with E-state index in [0.29, 0.717) is 0 Å². The summed E-state index contributed by atoms with van der Waals surface area (Å²) in [5.41, 5.74) is 13.8. The molecule has 0 atom stereocenters. The van der Waals surface area contributed by atoms with E-state index < -0.39 is 5.41 Å². The van der Waals surface area contributed by atoms with Crippen LogP contribution in [0.3, 0.4) is 0 Å². The summed E-state index contributed by atoms with van der Waals surface area (Å²) >= 11 is 0. The van der Waals surface area contributed by atoms with Crippen molar-refractivity contribution in [2.75, 3.05) is 0 Å². The third-order valence-electron chi connectivity index (χ3n) is 11.3. The van der Waals surface area contributed by atoms with Crippen LogP contribution in [0.15, 0.2) is 205 Å². The van der Waals surface area contributed by atoms with Gasteiger partial charge in [-0.1, -0.05) is 182 Å². The van der Waals surface area contributed by atoms with Crippen LogP contribution < -0.4 is 0 Å². The van der Waals surface area contributed by atoms with Crippen molar-refractivity contribution in [1.82, 2.24) is 14.8 Å². The number of hydrogen-bond acceptors (Lipinski definition) is 3. The van der Waals surface area contributed by atoms with Crippen LogP contribution >= 0.6 is 0 Å². The Morgan fingerprint density at radius 1 is 0.400 bits per heavy atom. The van der Waals surface area contributed by atoms with E-state index in [4.69, 9.17) is 14.6 Å². The highest BCUT2D eigenvalue weighted by atomic mass is 16.3. The van der Waals surface area contributed by atoms with E-state index in [1.165, 1.54) is 33.4 Å². The van der Waals surface area contributed by atoms with Gasteiger partial charge in [0.2, 0.25) is 0 Å². The molecule has 0 aliphatic heterocycles. The third kappa shape index (κ3) is 4.71. The fourth-order valence-electron chi connectivity index (χ4n) is 8.83. The Bertz CT molecular complexity index is 2980. The molecule has 0 saturated carbocycles. The quantitative estimate of drug-likeness (QED) is 0.173. The van der Waals surface area contributed by atoms with Gasteiger partial charge in [-0.2, -0.15) is 0 Å². The molecule has 1 aliphatic rings. The first-order valence-corrected chi connectivity index (χ1v) is 18.7. The Hall–Kier alpha value is -7.30. The van der Waals surface area contributed by atoms with Crippen molar-refractivity contribution in [2.24, 2.45) is 0 Å². The molecule has 0 radical (unpaired) electrons. The van der Waals surface area contributed by atoms with Crippen molar-refractivity contribution in [3.8, 4) is 50.7 Å². The fraction of sp³-hybridized carbons (Fsp3) is 0.0196. The Morgan fingerprint density at radius 2 is 0.945 bits per heavy atom. The molecular weight excluding hydrogens is 671 g/mol. The van der Waals surface area contributed by atoms with Crippen LogP contribution in [0.1, 0.15) is 22.3 Å². The zero-order valence-corrected chi connectivity index (χ0v) is 29.8. The smallest absolute Gasteiger partial charge is 0.168 e. The van der Waals surface area contributed by atoms with Gasteiger partial charge in [-0.3, -0.25) is 4.57 Å². The minimum absolute atomic E-state index is 0.523. The molecule has 10 aromatic rings. The molecule has 8 aromatic carbocycles. The second-order valence-corrected chi connectivity index (χ2v) is 14.2. The minimum atomic E-state index is -0.523. The molecule has 4 heteroatoms. The van der Waals surface area contributed by atoms with Gasteiger partial charge in [0.05, 0.1) is 5.41 Å². The fourth-order valence-corrected chi connectivity index (χ4v) is 8.83. The van der Waals surface area contributed by atoms with E-state index in [1.54, 1.807) is 0 Å². The SMILES string of the molecule is c1ccc(-c2nnc(-c3ccc(-c4cccc5c4oc4ccccc45)cc3)n2-c2ccc3c(c2)C(c2ccccc2)(c2ccccc2)c2ccccc2-3)cc1. The molecule has 0 N–H and O–H groups in total. The van der Waals surface area contributed by atoms with Gasteiger partial charge in [0, 0.05) is 33.2 Å². The van der Waals surface area contributed by atoms with E-state index in [0.717, 1.165) is 61.5 Å². The van der Waals surface area contributed by atoms with Crippen molar-refractivity contribution >= 4 is 21.9 Å². The lowest BCUT2D eigenvalue weighted by molar-refractivity contribution is 0.670. The number of nitrogens with zero attached hydrogens (tertiary/aromatic N) is 3. The molecule has 258 valence electrons. The summed E-state index contributed by atoms with van der Waals surface area (Å²) in [4.78, 5) is 0. The second-order valence-electron chi connectivity index (χ2n) is 14.2. The predicted molar refractivity (Wildman–Crippen MR) is 222 cm³/mol. The summed E-state index contributed by atoms with van der Waals surface area (Å²) in [5.74, 6) is 1.56. The lowest BCUT2D eigenvalue weighted by atomic mass is 9.67. The lowest BCUT2D eigenvalue weighted by Crippen LogP contribution is -2.28. The molecule has 0 spiro atoms. The van der Waals surface area contributed by atoms with E-state index in [1.807, 2.05) is 18.2 Å². The van der Waals surface area contributed by atoms with Gasteiger partial charge in [0.15, 0.2) is 11.6 Å². The molecule has 2 heterocycles. The molecule has 0 amide bonds. The highest BCUT2D eigenvalue weighted by Crippen LogP contribution is 2.56. The van der Waals surface area contributed by atoms with Crippen LogP contribution in [-0.4, -0.2) is 14.8 Å². The molecule has 55 heavy (non-hydrogen) atoms. The van der Waals surface area contributed by atoms with Crippen molar-refractivity contribution in [3.05, 3.63) is 222 Å². The lowest BCUT2D eigenvalue weighted by Gasteiger charge is -2.34. The number of hydrogen-bond donors (Lipinski definition) is 0. The molecule has 0 unspecified atom stereocenters. The van der Waals surface area contributed by atoms with Gasteiger partial charge in [0.1, 0.15) is 11.2 Å². The average molecular weight is 704 g/mol. The average Bonchev–Trinajstić information content (AvgIpc) is 3.96. The van der Waals surface area contributed by atoms with Gasteiger partial charge in [-0.25, -0.2) is 0 Å². The summed E-state index contributed by atoms with van der Waals surface area (Å²) in [7, 11) is 0. The zero-order valence-electron chi connectivity index (χ0n) is 29.8. The summed E-state index contributed by atoms with van der Waals surface area (Å²) in [6, 6.07) is 71.1. The maximum Gasteiger partial charge on any atom is 0.168 e. The maximum atomic E-state index is 6.40. The zero-order chi connectivity index (χ0) is 36.3. The van der Waals surface area contributed by atoms with E-state index in [9.17, 15) is 0 Å². The van der Waals surface area contributed by atoms with Crippen molar-refractivity contribution < 1.29 is 4.42 Å². The van der Waals surface area contributed by atoms with Gasteiger partial charge in [-0.15, -0.1) is 10.2 Å². The van der Waals surface area contributed by atoms with Crippen LogP contribution in [0, 0.1) is 0 Å². The normalized spacial score (nSPS) is 12.9. The van der Waals surface area contributed by atoms with Gasteiger partial charge < -0.3 is 4.42 Å². The van der Waals surface area contributed by atoms with Crippen LogP contribution in [0.2, 0.25) is 0 Å². The Balaban J connectivity index is 1.11. The molecule has 0 saturated heterocycles. The number of aromatic nitrogens is 3. The number of para-hydroxylation sites is 2. The molecule has 0 fully saturated rings. The van der Waals surface area contributed by atoms with Crippen LogP contribution in [0.25, 0.3) is 72.7 Å². The third-order valence-corrected chi connectivity index (χ3v) is 11.3. The number of furan rings is 1. The monoisotopic (exact) mass is 703 g/mol. The van der Waals surface area contributed by atoms with E-state index >= 15 is 0 Å². The van der Waals surface area contributed by atoms with Crippen LogP contribution in [0.5, 0.6) is 0 Å². The first kappa shape index (κ1) is 31.2. The number of rotatable bonds is 6. The highest BCUT2D eigenvalue weighted by molar-refractivity contribution is 6.09. The maximum absolute atomic E-state index is 6.40. The van der Waals surface area contributed by atoms with Gasteiger partial charge >= 0.3 is 0 Å². The second kappa shape index (κ2) is 12.4. The minimum Gasteiger partial charge on any atom is -0.455 e. The summed E-state index contributed by atoms with van der Waals surface area (Å²) < 4.78 is 8.61. The van der Waals surface area contributed by atoms with Gasteiger partial charge in [0.25, 0.3) is 0 Å². The van der Waals surface area contributed by atoms with Crippen LogP contribution in [0.4, 0.5) is 0 Å². The van der Waals surface area contributed by atoms with Crippen molar-refractivity contribution in [1.29, 1.82) is 0 Å². The van der Waals surface area contributed by atoms with E-state index in [2.05, 4.69) is 187 Å². The topological polar surface area (TPSA) is 43.9 Å². The Labute approximate surface area is 318 Å².